The summed E-state index contributed by atoms with van der Waals surface area (Å²) in [5.74, 6) is 0.293. The number of amides is 1. The predicted octanol–water partition coefficient (Wildman–Crippen LogP) is 2.19. The third kappa shape index (κ3) is 2.23. The molecule has 12 heavy (non-hydrogen) atoms. The minimum absolute atomic E-state index is 0.293. The lowest BCUT2D eigenvalue weighted by Gasteiger charge is -2.31. The summed E-state index contributed by atoms with van der Waals surface area (Å²) in [5, 5.41) is 0. The minimum Gasteiger partial charge on any atom is -0.343 e. The van der Waals surface area contributed by atoms with Crippen LogP contribution in [0.2, 0.25) is 0 Å². The van der Waals surface area contributed by atoms with E-state index in [9.17, 15) is 4.79 Å². The number of hydrogen-bond acceptors (Lipinski definition) is 1. The Morgan fingerprint density at radius 3 is 2.42 bits per heavy atom. The van der Waals surface area contributed by atoms with E-state index in [1.807, 2.05) is 18.9 Å². The van der Waals surface area contributed by atoms with Crippen LogP contribution in [0.1, 0.15) is 45.4 Å². The molecule has 2 nitrogen and oxygen atoms in total. The smallest absolute Gasteiger partial charge is 0.222 e. The highest BCUT2D eigenvalue weighted by molar-refractivity contribution is 5.75. The summed E-state index contributed by atoms with van der Waals surface area (Å²) in [6.07, 6.45) is 7.01. The molecule has 70 valence electrons. The van der Waals surface area contributed by atoms with Crippen LogP contribution in [0.4, 0.5) is 0 Å². The number of hydrogen-bond donors (Lipinski definition) is 0. The highest BCUT2D eigenvalue weighted by Gasteiger charge is 2.20. The molecule has 0 bridgehead atoms. The second-order valence-corrected chi connectivity index (χ2v) is 3.65. The van der Waals surface area contributed by atoms with E-state index in [0.717, 1.165) is 0 Å². The number of rotatable bonds is 2. The topological polar surface area (TPSA) is 20.3 Å². The van der Waals surface area contributed by atoms with Gasteiger partial charge in [-0.1, -0.05) is 26.2 Å². The van der Waals surface area contributed by atoms with Crippen LogP contribution in [0.3, 0.4) is 0 Å². The fourth-order valence-electron chi connectivity index (χ4n) is 1.92. The standard InChI is InChI=1S/C10H19NO/c1-3-10(12)11(2)9-7-5-4-6-8-9/h9H,3-8H2,1-2H3. The molecule has 0 unspecified atom stereocenters. The van der Waals surface area contributed by atoms with Crippen LogP contribution in [-0.2, 0) is 4.79 Å². The first kappa shape index (κ1) is 9.56. The van der Waals surface area contributed by atoms with Gasteiger partial charge in [-0.05, 0) is 12.8 Å². The van der Waals surface area contributed by atoms with Crippen molar-refractivity contribution in [2.24, 2.45) is 0 Å². The van der Waals surface area contributed by atoms with Gasteiger partial charge in [0.1, 0.15) is 0 Å². The lowest BCUT2D eigenvalue weighted by molar-refractivity contribution is -0.132. The van der Waals surface area contributed by atoms with Crippen molar-refractivity contribution in [2.45, 2.75) is 51.5 Å². The van der Waals surface area contributed by atoms with E-state index in [2.05, 4.69) is 0 Å². The monoisotopic (exact) mass is 169 g/mol. The van der Waals surface area contributed by atoms with Gasteiger partial charge in [-0.2, -0.15) is 0 Å². The van der Waals surface area contributed by atoms with Gasteiger partial charge in [0, 0.05) is 19.5 Å². The molecule has 1 aliphatic carbocycles. The molecule has 0 aromatic carbocycles. The summed E-state index contributed by atoms with van der Waals surface area (Å²) in [7, 11) is 1.95. The average molecular weight is 169 g/mol. The zero-order chi connectivity index (χ0) is 8.97. The van der Waals surface area contributed by atoms with Gasteiger partial charge in [-0.25, -0.2) is 0 Å². The first-order valence-corrected chi connectivity index (χ1v) is 5.01. The van der Waals surface area contributed by atoms with Gasteiger partial charge in [0.15, 0.2) is 0 Å². The number of carbonyl (C=O) groups excluding carboxylic acids is 1. The molecule has 2 heteroatoms. The molecule has 1 fully saturated rings. The van der Waals surface area contributed by atoms with Crippen LogP contribution in [0.25, 0.3) is 0 Å². The second kappa shape index (κ2) is 4.48. The Labute approximate surface area is 74.9 Å². The Bertz CT molecular complexity index is 150. The zero-order valence-corrected chi connectivity index (χ0v) is 8.18. The molecule has 0 saturated heterocycles. The van der Waals surface area contributed by atoms with Gasteiger partial charge in [-0.3, -0.25) is 4.79 Å². The maximum Gasteiger partial charge on any atom is 0.222 e. The fourth-order valence-corrected chi connectivity index (χ4v) is 1.92. The van der Waals surface area contributed by atoms with E-state index in [4.69, 9.17) is 0 Å². The van der Waals surface area contributed by atoms with Crippen LogP contribution in [0.15, 0.2) is 0 Å². The summed E-state index contributed by atoms with van der Waals surface area (Å²) in [6.45, 7) is 1.93. The largest absolute Gasteiger partial charge is 0.343 e. The summed E-state index contributed by atoms with van der Waals surface area (Å²) in [4.78, 5) is 13.3. The van der Waals surface area contributed by atoms with E-state index in [-0.39, 0.29) is 0 Å². The van der Waals surface area contributed by atoms with Gasteiger partial charge in [-0.15, -0.1) is 0 Å². The van der Waals surface area contributed by atoms with Crippen LogP contribution in [-0.4, -0.2) is 23.9 Å². The molecule has 1 rings (SSSR count). The van der Waals surface area contributed by atoms with Gasteiger partial charge in [0.05, 0.1) is 0 Å². The van der Waals surface area contributed by atoms with Crippen molar-refractivity contribution in [2.75, 3.05) is 7.05 Å². The van der Waals surface area contributed by atoms with Crippen molar-refractivity contribution in [1.82, 2.24) is 4.90 Å². The molecule has 0 N–H and O–H groups in total. The van der Waals surface area contributed by atoms with E-state index in [1.165, 1.54) is 32.1 Å². The van der Waals surface area contributed by atoms with Crippen molar-refractivity contribution in [1.29, 1.82) is 0 Å². The van der Waals surface area contributed by atoms with Gasteiger partial charge >= 0.3 is 0 Å². The Kier molecular flexibility index (Phi) is 3.57. The highest BCUT2D eigenvalue weighted by Crippen LogP contribution is 2.21. The summed E-state index contributed by atoms with van der Waals surface area (Å²) in [6, 6.07) is 0.534. The first-order valence-electron chi connectivity index (χ1n) is 5.01. The maximum absolute atomic E-state index is 11.3. The van der Waals surface area contributed by atoms with Crippen molar-refractivity contribution in [3.63, 3.8) is 0 Å². The molecule has 0 aromatic heterocycles. The Balaban J connectivity index is 2.39. The second-order valence-electron chi connectivity index (χ2n) is 3.65. The van der Waals surface area contributed by atoms with Gasteiger partial charge in [0.25, 0.3) is 0 Å². The van der Waals surface area contributed by atoms with Gasteiger partial charge < -0.3 is 4.90 Å². The average Bonchev–Trinajstić information content (AvgIpc) is 2.17. The van der Waals surface area contributed by atoms with Crippen LogP contribution < -0.4 is 0 Å². The molecule has 1 amide bonds. The van der Waals surface area contributed by atoms with Crippen molar-refractivity contribution in [3.05, 3.63) is 0 Å². The zero-order valence-electron chi connectivity index (χ0n) is 8.18. The normalized spacial score (nSPS) is 19.2. The third-order valence-corrected chi connectivity index (χ3v) is 2.82. The number of carbonyl (C=O) groups is 1. The lowest BCUT2D eigenvalue weighted by atomic mass is 9.94. The van der Waals surface area contributed by atoms with Gasteiger partial charge in [0.2, 0.25) is 5.91 Å². The summed E-state index contributed by atoms with van der Waals surface area (Å²) < 4.78 is 0. The Hall–Kier alpha value is -0.530. The van der Waals surface area contributed by atoms with E-state index in [1.54, 1.807) is 0 Å². The van der Waals surface area contributed by atoms with Crippen molar-refractivity contribution >= 4 is 5.91 Å². The van der Waals surface area contributed by atoms with Crippen LogP contribution in [0.5, 0.6) is 0 Å². The highest BCUT2D eigenvalue weighted by atomic mass is 16.2. The quantitative estimate of drug-likeness (QED) is 0.620. The molecule has 0 radical (unpaired) electrons. The maximum atomic E-state index is 11.3. The Morgan fingerprint density at radius 2 is 1.92 bits per heavy atom. The third-order valence-electron chi connectivity index (χ3n) is 2.82. The molecule has 0 aromatic rings. The van der Waals surface area contributed by atoms with E-state index < -0.39 is 0 Å². The fraction of sp³-hybridized carbons (Fsp3) is 0.900. The van der Waals surface area contributed by atoms with Crippen LogP contribution in [0, 0.1) is 0 Å². The Morgan fingerprint density at radius 1 is 1.33 bits per heavy atom. The molecular weight excluding hydrogens is 150 g/mol. The van der Waals surface area contributed by atoms with E-state index in [0.29, 0.717) is 18.4 Å². The molecule has 1 saturated carbocycles. The molecule has 0 spiro atoms. The summed E-state index contributed by atoms with van der Waals surface area (Å²) in [5.41, 5.74) is 0. The van der Waals surface area contributed by atoms with Crippen molar-refractivity contribution < 1.29 is 4.79 Å². The number of nitrogens with zero attached hydrogens (tertiary/aromatic N) is 1. The molecule has 1 aliphatic rings. The molecule has 0 atom stereocenters. The predicted molar refractivity (Wildman–Crippen MR) is 49.9 cm³/mol. The first-order chi connectivity index (χ1) is 5.75. The summed E-state index contributed by atoms with van der Waals surface area (Å²) >= 11 is 0. The molecule has 0 aliphatic heterocycles. The molecule has 0 heterocycles. The van der Waals surface area contributed by atoms with Crippen LogP contribution >= 0.6 is 0 Å². The minimum atomic E-state index is 0.293. The molecular formula is C10H19NO. The SMILES string of the molecule is CCC(=O)N(C)C1CCCCC1. The lowest BCUT2D eigenvalue weighted by Crippen LogP contribution is -2.37. The van der Waals surface area contributed by atoms with Crippen molar-refractivity contribution in [3.8, 4) is 0 Å². The van der Waals surface area contributed by atoms with E-state index >= 15 is 0 Å².